The van der Waals surface area contributed by atoms with E-state index in [4.69, 9.17) is 0 Å². The molecule has 9 heteroatoms. The number of hydrogen-bond acceptors (Lipinski definition) is 4. The summed E-state index contributed by atoms with van der Waals surface area (Å²) in [7, 11) is 0. The summed E-state index contributed by atoms with van der Waals surface area (Å²) in [6, 6.07) is 4.45. The molecule has 0 aliphatic carbocycles. The Balaban J connectivity index is 1.28. The molecule has 4 heterocycles. The number of hydrazone groups is 1. The Morgan fingerprint density at radius 1 is 1.14 bits per heavy atom. The Bertz CT molecular complexity index is 1140. The smallest absolute Gasteiger partial charge is 0.315 e. The van der Waals surface area contributed by atoms with Crippen molar-refractivity contribution < 1.29 is 13.6 Å². The molecule has 3 aromatic rings. The van der Waals surface area contributed by atoms with E-state index in [0.29, 0.717) is 25.1 Å². The van der Waals surface area contributed by atoms with E-state index in [-0.39, 0.29) is 6.03 Å². The van der Waals surface area contributed by atoms with Crippen molar-refractivity contribution in [2.75, 3.05) is 13.1 Å². The fraction of sp³-hybridized carbons (Fsp3) is 0.200. The standard InChI is InChI=1S/C20H16F2N6O/c21-15-5-14(6-16(22)7-15)19-1-2-25-28(19)20(29)27-10-13(11-27)3-12-4-17-18(23-8-12)9-24-26-17/h2-9,19H,1,10-11H2,(H,24,26). The first-order chi connectivity index (χ1) is 14.1. The van der Waals surface area contributed by atoms with Crippen molar-refractivity contribution >= 4 is 29.4 Å². The molecule has 2 aromatic heterocycles. The molecule has 0 radical (unpaired) electrons. The largest absolute Gasteiger partial charge is 0.341 e. The summed E-state index contributed by atoms with van der Waals surface area (Å²) in [4.78, 5) is 18.8. The number of rotatable bonds is 2. The number of nitrogens with zero attached hydrogens (tertiary/aromatic N) is 5. The lowest BCUT2D eigenvalue weighted by Crippen LogP contribution is -2.49. The molecule has 0 spiro atoms. The maximum atomic E-state index is 13.6. The summed E-state index contributed by atoms with van der Waals surface area (Å²) < 4.78 is 27.1. The highest BCUT2D eigenvalue weighted by molar-refractivity contribution is 5.81. The minimum absolute atomic E-state index is 0.285. The Morgan fingerprint density at radius 2 is 1.93 bits per heavy atom. The van der Waals surface area contributed by atoms with Gasteiger partial charge in [-0.3, -0.25) is 10.1 Å². The number of benzene rings is 1. The fourth-order valence-corrected chi connectivity index (χ4v) is 3.62. The van der Waals surface area contributed by atoms with E-state index in [1.54, 1.807) is 23.5 Å². The lowest BCUT2D eigenvalue weighted by atomic mass is 10.0. The number of fused-ring (bicyclic) bond motifs is 1. The minimum atomic E-state index is -0.670. The van der Waals surface area contributed by atoms with Crippen LogP contribution in [0.15, 0.2) is 47.3 Å². The van der Waals surface area contributed by atoms with Crippen LogP contribution < -0.4 is 0 Å². The van der Waals surface area contributed by atoms with Crippen molar-refractivity contribution in [1.82, 2.24) is 25.1 Å². The van der Waals surface area contributed by atoms with Gasteiger partial charge in [-0.25, -0.2) is 18.6 Å². The van der Waals surface area contributed by atoms with Crippen LogP contribution >= 0.6 is 0 Å². The molecule has 146 valence electrons. The number of pyridine rings is 1. The summed E-state index contributed by atoms with van der Waals surface area (Å²) in [5.41, 5.74) is 4.04. The van der Waals surface area contributed by atoms with Crippen LogP contribution in [0.3, 0.4) is 0 Å². The number of urea groups is 1. The molecule has 1 atom stereocenters. The van der Waals surface area contributed by atoms with Gasteiger partial charge in [-0.05, 0) is 34.9 Å². The zero-order valence-corrected chi connectivity index (χ0v) is 15.2. The summed E-state index contributed by atoms with van der Waals surface area (Å²) >= 11 is 0. The average Bonchev–Trinajstić information content (AvgIpc) is 3.31. The molecule has 2 amide bonds. The molecule has 2 aliphatic heterocycles. The van der Waals surface area contributed by atoms with Gasteiger partial charge in [-0.2, -0.15) is 10.2 Å². The van der Waals surface area contributed by atoms with Crippen LogP contribution in [-0.4, -0.2) is 50.4 Å². The van der Waals surface area contributed by atoms with Crippen LogP contribution in [0.1, 0.15) is 23.6 Å². The second kappa shape index (κ2) is 6.77. The van der Waals surface area contributed by atoms with Crippen LogP contribution in [0, 0.1) is 11.6 Å². The summed E-state index contributed by atoms with van der Waals surface area (Å²) in [5.74, 6) is -1.34. The topological polar surface area (TPSA) is 77.5 Å². The molecule has 29 heavy (non-hydrogen) atoms. The number of aromatic amines is 1. The second-order valence-corrected chi connectivity index (χ2v) is 7.11. The van der Waals surface area contributed by atoms with Crippen molar-refractivity contribution in [1.29, 1.82) is 0 Å². The monoisotopic (exact) mass is 394 g/mol. The number of carbonyl (C=O) groups is 1. The molecular weight excluding hydrogens is 378 g/mol. The zero-order valence-electron chi connectivity index (χ0n) is 15.2. The molecule has 1 saturated heterocycles. The number of nitrogens with one attached hydrogen (secondary N) is 1. The van der Waals surface area contributed by atoms with Gasteiger partial charge in [0, 0.05) is 38.0 Å². The number of H-pyrrole nitrogens is 1. The molecular formula is C20H16F2N6O. The van der Waals surface area contributed by atoms with E-state index in [9.17, 15) is 13.6 Å². The maximum Gasteiger partial charge on any atom is 0.341 e. The maximum absolute atomic E-state index is 13.6. The first-order valence-corrected chi connectivity index (χ1v) is 9.12. The van der Waals surface area contributed by atoms with Crippen LogP contribution in [0.2, 0.25) is 0 Å². The number of halogens is 2. The van der Waals surface area contributed by atoms with Crippen molar-refractivity contribution in [2.24, 2.45) is 5.10 Å². The number of hydrogen-bond donors (Lipinski definition) is 1. The van der Waals surface area contributed by atoms with Gasteiger partial charge in [0.15, 0.2) is 0 Å². The molecule has 7 nitrogen and oxygen atoms in total. The lowest BCUT2D eigenvalue weighted by molar-refractivity contribution is 0.136. The quantitative estimate of drug-likeness (QED) is 0.723. The predicted octanol–water partition coefficient (Wildman–Crippen LogP) is 3.49. The third kappa shape index (κ3) is 3.24. The van der Waals surface area contributed by atoms with Crippen molar-refractivity contribution in [3.63, 3.8) is 0 Å². The molecule has 0 saturated carbocycles. The fourth-order valence-electron chi connectivity index (χ4n) is 3.62. The Kier molecular flexibility index (Phi) is 4.08. The van der Waals surface area contributed by atoms with E-state index in [2.05, 4.69) is 20.3 Å². The van der Waals surface area contributed by atoms with Gasteiger partial charge >= 0.3 is 6.03 Å². The zero-order chi connectivity index (χ0) is 20.0. The Labute approximate surface area is 164 Å². The number of likely N-dealkylation sites (tertiary alicyclic amines) is 1. The molecule has 2 aliphatic rings. The van der Waals surface area contributed by atoms with E-state index in [0.717, 1.165) is 28.2 Å². The van der Waals surface area contributed by atoms with Crippen molar-refractivity contribution in [3.8, 4) is 0 Å². The van der Waals surface area contributed by atoms with Crippen molar-refractivity contribution in [2.45, 2.75) is 12.5 Å². The van der Waals surface area contributed by atoms with Crippen LogP contribution in [0.25, 0.3) is 17.1 Å². The molecule has 5 rings (SSSR count). The van der Waals surface area contributed by atoms with Crippen LogP contribution in [0.5, 0.6) is 0 Å². The summed E-state index contributed by atoms with van der Waals surface area (Å²) in [6.07, 6.45) is 7.42. The van der Waals surface area contributed by atoms with E-state index in [1.807, 2.05) is 12.1 Å². The number of amides is 2. The first kappa shape index (κ1) is 17.5. The van der Waals surface area contributed by atoms with E-state index in [1.165, 1.54) is 17.1 Å². The normalized spacial score (nSPS) is 18.4. The van der Waals surface area contributed by atoms with E-state index < -0.39 is 17.7 Å². The summed E-state index contributed by atoms with van der Waals surface area (Å²) in [6.45, 7) is 0.937. The lowest BCUT2D eigenvalue weighted by Gasteiger charge is -2.37. The molecule has 1 fully saturated rings. The predicted molar refractivity (Wildman–Crippen MR) is 103 cm³/mol. The van der Waals surface area contributed by atoms with Gasteiger partial charge < -0.3 is 4.90 Å². The highest BCUT2D eigenvalue weighted by Crippen LogP contribution is 2.32. The van der Waals surface area contributed by atoms with Crippen LogP contribution in [0.4, 0.5) is 13.6 Å². The highest BCUT2D eigenvalue weighted by atomic mass is 19.1. The Morgan fingerprint density at radius 3 is 2.72 bits per heavy atom. The molecule has 1 unspecified atom stereocenters. The third-order valence-corrected chi connectivity index (χ3v) is 5.04. The van der Waals surface area contributed by atoms with Crippen molar-refractivity contribution in [3.05, 3.63) is 65.0 Å². The molecule has 1 N–H and O–H groups in total. The number of aromatic nitrogens is 3. The summed E-state index contributed by atoms with van der Waals surface area (Å²) in [5, 5.41) is 12.2. The molecule has 0 bridgehead atoms. The van der Waals surface area contributed by atoms with Gasteiger partial charge in [-0.15, -0.1) is 0 Å². The average molecular weight is 394 g/mol. The third-order valence-electron chi connectivity index (χ3n) is 5.04. The van der Waals surface area contributed by atoms with Gasteiger partial charge in [0.25, 0.3) is 0 Å². The van der Waals surface area contributed by atoms with Crippen LogP contribution in [-0.2, 0) is 0 Å². The first-order valence-electron chi connectivity index (χ1n) is 9.12. The number of carbonyl (C=O) groups excluding carboxylic acids is 1. The van der Waals surface area contributed by atoms with Gasteiger partial charge in [-0.1, -0.05) is 6.08 Å². The van der Waals surface area contributed by atoms with E-state index >= 15 is 0 Å². The minimum Gasteiger partial charge on any atom is -0.315 e. The van der Waals surface area contributed by atoms with Gasteiger partial charge in [0.05, 0.1) is 17.8 Å². The SMILES string of the molecule is O=C(N1CC(=Cc2cnc3cn[nH]c3c2)C1)N1N=CCC1c1cc(F)cc(F)c1. The van der Waals surface area contributed by atoms with Gasteiger partial charge in [0.1, 0.15) is 17.2 Å². The Hall–Kier alpha value is -3.62. The highest BCUT2D eigenvalue weighted by Gasteiger charge is 2.35. The molecule has 1 aromatic carbocycles. The second-order valence-electron chi connectivity index (χ2n) is 7.11. The van der Waals surface area contributed by atoms with Gasteiger partial charge in [0.2, 0.25) is 0 Å².